The van der Waals surface area contributed by atoms with Crippen LogP contribution in [0.5, 0.6) is 0 Å². The highest BCUT2D eigenvalue weighted by molar-refractivity contribution is 5.92. The number of aliphatic imine (C=N–C) groups is 2. The molecule has 0 amide bonds. The quantitative estimate of drug-likeness (QED) is 0.260. The number of hydrogen-bond acceptors (Lipinski definition) is 2. The molecule has 2 unspecified atom stereocenters. The molecule has 0 radical (unpaired) electrons. The summed E-state index contributed by atoms with van der Waals surface area (Å²) in [5, 5.41) is 9.76. The lowest BCUT2D eigenvalue weighted by Gasteiger charge is -2.15. The normalized spacial score (nSPS) is 28.2. The van der Waals surface area contributed by atoms with Gasteiger partial charge in [-0.05, 0) is 12.8 Å². The minimum absolute atomic E-state index is 0.0425. The Bertz CT molecular complexity index is 259. The van der Waals surface area contributed by atoms with E-state index in [0.717, 1.165) is 32.1 Å². The maximum atomic E-state index is 9.76. The highest BCUT2D eigenvalue weighted by Crippen LogP contribution is 2.20. The molecule has 1 saturated carbocycles. The van der Waals surface area contributed by atoms with Crippen LogP contribution in [0, 0.1) is 0 Å². The van der Waals surface area contributed by atoms with Crippen molar-refractivity contribution < 1.29 is 5.11 Å². The first-order valence-corrected chi connectivity index (χ1v) is 5.20. The summed E-state index contributed by atoms with van der Waals surface area (Å²) in [6, 6.07) is -0.171. The molecular weight excluding hydrogens is 194 g/mol. The fraction of sp³-hybridized carbons (Fsp3) is 0.778. The minimum atomic E-state index is -0.430. The Morgan fingerprint density at radius 3 is 2.40 bits per heavy atom. The number of guanidine groups is 2. The second-order valence-electron chi connectivity index (χ2n) is 3.80. The summed E-state index contributed by atoms with van der Waals surface area (Å²) in [6.07, 6.45) is 4.40. The van der Waals surface area contributed by atoms with Crippen LogP contribution in [0.15, 0.2) is 9.98 Å². The third-order valence-corrected chi connectivity index (χ3v) is 2.49. The third-order valence-electron chi connectivity index (χ3n) is 2.49. The maximum Gasteiger partial charge on any atom is 0.218 e. The molecule has 0 heterocycles. The van der Waals surface area contributed by atoms with Gasteiger partial charge in [-0.15, -0.1) is 0 Å². The standard InChI is InChI=1S/C9H19N5O/c10-8(11)14-9(12)13-6-4-2-1-3-5-7(6)15/h6-7,15H,1-5H2,(H6,10,11,12,13,14). The van der Waals surface area contributed by atoms with Gasteiger partial charge in [0, 0.05) is 0 Å². The average molecular weight is 213 g/mol. The van der Waals surface area contributed by atoms with Crippen molar-refractivity contribution in [2.24, 2.45) is 27.2 Å². The smallest absolute Gasteiger partial charge is 0.218 e. The Morgan fingerprint density at radius 1 is 1.07 bits per heavy atom. The fourth-order valence-electron chi connectivity index (χ4n) is 1.75. The van der Waals surface area contributed by atoms with E-state index in [-0.39, 0.29) is 18.0 Å². The van der Waals surface area contributed by atoms with Gasteiger partial charge in [0.05, 0.1) is 12.1 Å². The molecule has 6 heteroatoms. The number of nitrogens with two attached hydrogens (primary N) is 3. The monoisotopic (exact) mass is 213 g/mol. The van der Waals surface area contributed by atoms with Crippen molar-refractivity contribution in [3.8, 4) is 0 Å². The van der Waals surface area contributed by atoms with E-state index in [4.69, 9.17) is 17.2 Å². The summed E-state index contributed by atoms with van der Waals surface area (Å²) < 4.78 is 0. The van der Waals surface area contributed by atoms with Gasteiger partial charge in [0.15, 0.2) is 5.96 Å². The van der Waals surface area contributed by atoms with E-state index in [1.807, 2.05) is 0 Å². The van der Waals surface area contributed by atoms with E-state index >= 15 is 0 Å². The molecule has 7 N–H and O–H groups in total. The summed E-state index contributed by atoms with van der Waals surface area (Å²) in [5.41, 5.74) is 15.8. The van der Waals surface area contributed by atoms with Crippen molar-refractivity contribution in [3.05, 3.63) is 0 Å². The van der Waals surface area contributed by atoms with Crippen molar-refractivity contribution in [1.82, 2.24) is 0 Å². The van der Waals surface area contributed by atoms with Crippen molar-refractivity contribution >= 4 is 11.9 Å². The van der Waals surface area contributed by atoms with E-state index in [1.54, 1.807) is 0 Å². The molecule has 1 aliphatic carbocycles. The summed E-state index contributed by atoms with van der Waals surface area (Å²) in [6.45, 7) is 0. The summed E-state index contributed by atoms with van der Waals surface area (Å²) >= 11 is 0. The number of aliphatic hydroxyl groups excluding tert-OH is 1. The van der Waals surface area contributed by atoms with E-state index in [9.17, 15) is 5.11 Å². The first kappa shape index (κ1) is 11.8. The Balaban J connectivity index is 2.64. The van der Waals surface area contributed by atoms with Crippen LogP contribution < -0.4 is 17.2 Å². The Morgan fingerprint density at radius 2 is 1.73 bits per heavy atom. The molecule has 0 aliphatic heterocycles. The molecular formula is C9H19N5O. The molecule has 0 bridgehead atoms. The van der Waals surface area contributed by atoms with Crippen LogP contribution in [0.1, 0.15) is 32.1 Å². The van der Waals surface area contributed by atoms with Gasteiger partial charge in [-0.2, -0.15) is 4.99 Å². The van der Waals surface area contributed by atoms with Gasteiger partial charge in [-0.3, -0.25) is 0 Å². The molecule has 1 fully saturated rings. The van der Waals surface area contributed by atoms with E-state index < -0.39 is 6.10 Å². The van der Waals surface area contributed by atoms with Crippen molar-refractivity contribution in [2.75, 3.05) is 0 Å². The average Bonchev–Trinajstić information content (AvgIpc) is 2.30. The van der Waals surface area contributed by atoms with Crippen LogP contribution in [-0.4, -0.2) is 29.2 Å². The van der Waals surface area contributed by atoms with Gasteiger partial charge >= 0.3 is 0 Å². The molecule has 0 aromatic heterocycles. The molecule has 0 spiro atoms. The summed E-state index contributed by atoms with van der Waals surface area (Å²) in [7, 11) is 0. The van der Waals surface area contributed by atoms with Gasteiger partial charge in [0.1, 0.15) is 0 Å². The molecule has 0 aromatic carbocycles. The molecule has 86 valence electrons. The zero-order chi connectivity index (χ0) is 11.3. The molecule has 15 heavy (non-hydrogen) atoms. The third kappa shape index (κ3) is 4.16. The van der Waals surface area contributed by atoms with E-state index in [0.29, 0.717) is 0 Å². The van der Waals surface area contributed by atoms with Crippen LogP contribution in [0.2, 0.25) is 0 Å². The zero-order valence-corrected chi connectivity index (χ0v) is 8.76. The van der Waals surface area contributed by atoms with Crippen LogP contribution in [-0.2, 0) is 0 Å². The molecule has 2 atom stereocenters. The number of hydrogen-bond donors (Lipinski definition) is 4. The lowest BCUT2D eigenvalue weighted by molar-refractivity contribution is 0.138. The first-order valence-electron chi connectivity index (χ1n) is 5.20. The summed E-state index contributed by atoms with van der Waals surface area (Å²) in [4.78, 5) is 7.74. The van der Waals surface area contributed by atoms with Crippen molar-refractivity contribution in [3.63, 3.8) is 0 Å². The number of aliphatic hydroxyl groups is 1. The predicted octanol–water partition coefficient (Wildman–Crippen LogP) is -0.732. The lowest BCUT2D eigenvalue weighted by Crippen LogP contribution is -2.29. The topological polar surface area (TPSA) is 123 Å². The number of rotatable bonds is 1. The van der Waals surface area contributed by atoms with Crippen molar-refractivity contribution in [1.29, 1.82) is 0 Å². The fourth-order valence-corrected chi connectivity index (χ4v) is 1.75. The Hall–Kier alpha value is -1.30. The van der Waals surface area contributed by atoms with Gasteiger partial charge < -0.3 is 22.3 Å². The maximum absolute atomic E-state index is 9.76. The molecule has 1 rings (SSSR count). The van der Waals surface area contributed by atoms with Gasteiger partial charge in [0.2, 0.25) is 5.96 Å². The second-order valence-corrected chi connectivity index (χ2v) is 3.80. The van der Waals surface area contributed by atoms with Crippen LogP contribution in [0.3, 0.4) is 0 Å². The van der Waals surface area contributed by atoms with Gasteiger partial charge in [-0.25, -0.2) is 4.99 Å². The minimum Gasteiger partial charge on any atom is -0.391 e. The largest absolute Gasteiger partial charge is 0.391 e. The Labute approximate surface area is 89.3 Å². The van der Waals surface area contributed by atoms with Crippen molar-refractivity contribution in [2.45, 2.75) is 44.2 Å². The Kier molecular flexibility index (Phi) is 4.36. The molecule has 0 saturated heterocycles. The van der Waals surface area contributed by atoms with Gasteiger partial charge in [0.25, 0.3) is 0 Å². The second kappa shape index (κ2) is 5.55. The molecule has 0 aromatic rings. The highest BCUT2D eigenvalue weighted by Gasteiger charge is 2.20. The lowest BCUT2D eigenvalue weighted by atomic mass is 10.1. The zero-order valence-electron chi connectivity index (χ0n) is 8.76. The SMILES string of the molecule is NC(N)=NC(N)=NC1CCCCCC1O. The van der Waals surface area contributed by atoms with Crippen LogP contribution in [0.4, 0.5) is 0 Å². The number of nitrogens with zero attached hydrogens (tertiary/aromatic N) is 2. The van der Waals surface area contributed by atoms with Crippen LogP contribution in [0.25, 0.3) is 0 Å². The predicted molar refractivity (Wildman–Crippen MR) is 60.3 cm³/mol. The van der Waals surface area contributed by atoms with E-state index in [1.165, 1.54) is 0 Å². The first-order chi connectivity index (χ1) is 7.09. The highest BCUT2D eigenvalue weighted by atomic mass is 16.3. The molecule has 6 nitrogen and oxygen atoms in total. The molecule has 1 aliphatic rings. The van der Waals surface area contributed by atoms with Crippen LogP contribution >= 0.6 is 0 Å². The van der Waals surface area contributed by atoms with Gasteiger partial charge in [-0.1, -0.05) is 19.3 Å². The summed E-state index contributed by atoms with van der Waals surface area (Å²) in [5.74, 6) is -0.0692. The van der Waals surface area contributed by atoms with E-state index in [2.05, 4.69) is 9.98 Å².